The normalized spacial score (nSPS) is 17.4. The number of piperidine rings is 1. The van der Waals surface area contributed by atoms with Gasteiger partial charge >= 0.3 is 5.97 Å². The van der Waals surface area contributed by atoms with Crippen molar-refractivity contribution in [3.05, 3.63) is 64.6 Å². The summed E-state index contributed by atoms with van der Waals surface area (Å²) in [5, 5.41) is 2.96. The predicted molar refractivity (Wildman–Crippen MR) is 131 cm³/mol. The molecule has 1 amide bonds. The number of carbonyl (C=O) groups is 2. The van der Waals surface area contributed by atoms with Crippen molar-refractivity contribution in [1.82, 2.24) is 9.80 Å². The molecule has 2 aromatic carbocycles. The molecule has 2 aromatic rings. The highest BCUT2D eigenvalue weighted by Gasteiger charge is 2.28. The summed E-state index contributed by atoms with van der Waals surface area (Å²) < 4.78 is 5.63. The van der Waals surface area contributed by atoms with Crippen LogP contribution in [0.4, 0.5) is 5.69 Å². The monoisotopic (exact) mass is 464 g/mol. The van der Waals surface area contributed by atoms with E-state index >= 15 is 0 Å². The molecule has 0 spiro atoms. The Balaban J connectivity index is 1.22. The second kappa shape index (κ2) is 11.2. The van der Waals surface area contributed by atoms with Crippen LogP contribution < -0.4 is 9.64 Å². The lowest BCUT2D eigenvalue weighted by atomic mass is 9.96. The van der Waals surface area contributed by atoms with Gasteiger partial charge < -0.3 is 14.5 Å². The summed E-state index contributed by atoms with van der Waals surface area (Å²) in [6.45, 7) is 6.68. The van der Waals surface area contributed by atoms with Gasteiger partial charge in [-0.2, -0.15) is 0 Å². The van der Waals surface area contributed by atoms with Gasteiger partial charge in [-0.1, -0.05) is 35.0 Å². The Kier molecular flexibility index (Phi) is 7.90. The standard InChI is InChI=1S/C26H32N4O4/c1-20-2-4-21(5-3-20)18-25(31)30-12-10-22(11-13-30)26(32)34-24-8-6-23(7-9-24)29-16-14-28(15-17-29)19-27-33/h2-9,22H,10-19H2,1H3. The van der Waals surface area contributed by atoms with Gasteiger partial charge in [-0.15, -0.1) is 4.91 Å². The number of aryl methyl sites for hydroxylation is 1. The first-order valence-corrected chi connectivity index (χ1v) is 11.9. The molecule has 0 bridgehead atoms. The molecule has 4 rings (SSSR count). The molecule has 2 fully saturated rings. The minimum atomic E-state index is -0.228. The quantitative estimate of drug-likeness (QED) is 0.356. The molecule has 0 N–H and O–H groups in total. The lowest BCUT2D eigenvalue weighted by molar-refractivity contribution is -0.143. The highest BCUT2D eigenvalue weighted by atomic mass is 16.5. The maximum absolute atomic E-state index is 12.7. The van der Waals surface area contributed by atoms with Gasteiger partial charge in [-0.05, 0) is 49.6 Å². The van der Waals surface area contributed by atoms with Crippen LogP contribution in [0.15, 0.2) is 53.7 Å². The van der Waals surface area contributed by atoms with Crippen LogP contribution in [-0.2, 0) is 16.0 Å². The summed E-state index contributed by atoms with van der Waals surface area (Å²) in [7, 11) is 0. The van der Waals surface area contributed by atoms with E-state index in [-0.39, 0.29) is 24.5 Å². The molecule has 2 heterocycles. The van der Waals surface area contributed by atoms with Crippen molar-refractivity contribution in [3.63, 3.8) is 0 Å². The molecular formula is C26H32N4O4. The summed E-state index contributed by atoms with van der Waals surface area (Å²) in [6, 6.07) is 15.6. The number of hydrogen-bond donors (Lipinski definition) is 0. The van der Waals surface area contributed by atoms with Crippen molar-refractivity contribution >= 4 is 17.6 Å². The minimum absolute atomic E-state index is 0.106. The number of piperazine rings is 1. The smallest absolute Gasteiger partial charge is 0.314 e. The van der Waals surface area contributed by atoms with E-state index in [0.29, 0.717) is 38.1 Å². The third-order valence-electron chi connectivity index (χ3n) is 6.71. The first kappa shape index (κ1) is 23.9. The first-order chi connectivity index (χ1) is 16.5. The fraction of sp³-hybridized carbons (Fsp3) is 0.462. The summed E-state index contributed by atoms with van der Waals surface area (Å²) in [5.41, 5.74) is 3.26. The zero-order chi connectivity index (χ0) is 23.9. The van der Waals surface area contributed by atoms with Crippen LogP contribution in [0.1, 0.15) is 24.0 Å². The summed E-state index contributed by atoms with van der Waals surface area (Å²) in [6.07, 6.45) is 1.64. The molecule has 180 valence electrons. The van der Waals surface area contributed by atoms with Crippen LogP contribution >= 0.6 is 0 Å². The van der Waals surface area contributed by atoms with Crippen LogP contribution in [-0.4, -0.2) is 67.6 Å². The number of hydrogen-bond acceptors (Lipinski definition) is 7. The Bertz CT molecular complexity index is 977. The van der Waals surface area contributed by atoms with Gasteiger partial charge in [0, 0.05) is 45.0 Å². The van der Waals surface area contributed by atoms with E-state index in [2.05, 4.69) is 10.1 Å². The van der Waals surface area contributed by atoms with E-state index in [1.807, 2.05) is 65.3 Å². The molecule has 0 atom stereocenters. The lowest BCUT2D eigenvalue weighted by Crippen LogP contribution is -2.46. The summed E-state index contributed by atoms with van der Waals surface area (Å²) in [5.74, 6) is 0.223. The molecule has 0 aromatic heterocycles. The van der Waals surface area contributed by atoms with E-state index < -0.39 is 0 Å². The van der Waals surface area contributed by atoms with Crippen molar-refractivity contribution < 1.29 is 14.3 Å². The van der Waals surface area contributed by atoms with Crippen molar-refractivity contribution in [1.29, 1.82) is 0 Å². The molecule has 0 aliphatic carbocycles. The number of rotatable bonds is 7. The predicted octanol–water partition coefficient (Wildman–Crippen LogP) is 3.23. The number of benzene rings is 2. The lowest BCUT2D eigenvalue weighted by Gasteiger charge is -2.34. The number of carbonyl (C=O) groups excluding carboxylic acids is 2. The molecule has 34 heavy (non-hydrogen) atoms. The number of nitrogens with zero attached hydrogens (tertiary/aromatic N) is 4. The number of anilines is 1. The Morgan fingerprint density at radius 1 is 0.912 bits per heavy atom. The summed E-state index contributed by atoms with van der Waals surface area (Å²) >= 11 is 0. The largest absolute Gasteiger partial charge is 0.426 e. The number of ether oxygens (including phenoxy) is 1. The Hall–Kier alpha value is -3.26. The van der Waals surface area contributed by atoms with E-state index in [9.17, 15) is 14.5 Å². The molecule has 0 unspecified atom stereocenters. The molecule has 0 saturated carbocycles. The van der Waals surface area contributed by atoms with Crippen LogP contribution in [0.5, 0.6) is 5.75 Å². The van der Waals surface area contributed by atoms with Crippen LogP contribution in [0.2, 0.25) is 0 Å². The molecule has 2 saturated heterocycles. The van der Waals surface area contributed by atoms with Crippen molar-refractivity contribution in [2.75, 3.05) is 50.8 Å². The minimum Gasteiger partial charge on any atom is -0.426 e. The van der Waals surface area contributed by atoms with Crippen LogP contribution in [0, 0.1) is 17.7 Å². The Morgan fingerprint density at radius 3 is 2.18 bits per heavy atom. The topological polar surface area (TPSA) is 82.5 Å². The number of amides is 1. The van der Waals surface area contributed by atoms with Gasteiger partial charge in [0.1, 0.15) is 12.4 Å². The Morgan fingerprint density at radius 2 is 1.56 bits per heavy atom. The summed E-state index contributed by atoms with van der Waals surface area (Å²) in [4.78, 5) is 41.8. The van der Waals surface area contributed by atoms with E-state index in [0.717, 1.165) is 37.4 Å². The number of nitroso groups, excluding NO2 is 1. The fourth-order valence-corrected chi connectivity index (χ4v) is 4.51. The van der Waals surface area contributed by atoms with Gasteiger partial charge in [0.25, 0.3) is 0 Å². The Labute approximate surface area is 200 Å². The van der Waals surface area contributed by atoms with Gasteiger partial charge in [0.15, 0.2) is 0 Å². The first-order valence-electron chi connectivity index (χ1n) is 11.9. The van der Waals surface area contributed by atoms with Crippen LogP contribution in [0.3, 0.4) is 0 Å². The van der Waals surface area contributed by atoms with Gasteiger partial charge in [-0.3, -0.25) is 14.5 Å². The molecular weight excluding hydrogens is 432 g/mol. The van der Waals surface area contributed by atoms with Crippen molar-refractivity contribution in [2.45, 2.75) is 26.2 Å². The molecule has 2 aliphatic rings. The molecule has 8 heteroatoms. The molecule has 8 nitrogen and oxygen atoms in total. The van der Waals surface area contributed by atoms with Gasteiger partial charge in [-0.25, -0.2) is 0 Å². The third-order valence-corrected chi connectivity index (χ3v) is 6.71. The zero-order valence-electron chi connectivity index (χ0n) is 19.7. The average Bonchev–Trinajstić information content (AvgIpc) is 2.87. The maximum atomic E-state index is 12.7. The van der Waals surface area contributed by atoms with E-state index in [1.54, 1.807) is 0 Å². The zero-order valence-corrected chi connectivity index (χ0v) is 19.7. The average molecular weight is 465 g/mol. The van der Waals surface area contributed by atoms with Gasteiger partial charge in [0.2, 0.25) is 5.91 Å². The third kappa shape index (κ3) is 6.20. The number of esters is 1. The highest BCUT2D eigenvalue weighted by Crippen LogP contribution is 2.24. The van der Waals surface area contributed by atoms with E-state index in [4.69, 9.17) is 4.74 Å². The van der Waals surface area contributed by atoms with Crippen molar-refractivity contribution in [2.24, 2.45) is 11.1 Å². The second-order valence-corrected chi connectivity index (χ2v) is 9.11. The SMILES string of the molecule is Cc1ccc(CC(=O)N2CCC(C(=O)Oc3ccc(N4CCN(CN=O)CC4)cc3)CC2)cc1. The van der Waals surface area contributed by atoms with E-state index in [1.165, 1.54) is 5.56 Å². The second-order valence-electron chi connectivity index (χ2n) is 9.11. The van der Waals surface area contributed by atoms with Gasteiger partial charge in [0.05, 0.1) is 12.3 Å². The maximum Gasteiger partial charge on any atom is 0.314 e. The van der Waals surface area contributed by atoms with Crippen molar-refractivity contribution in [3.8, 4) is 5.75 Å². The number of likely N-dealkylation sites (tertiary alicyclic amines) is 1. The fourth-order valence-electron chi connectivity index (χ4n) is 4.51. The van der Waals surface area contributed by atoms with Crippen LogP contribution in [0.25, 0.3) is 0 Å². The highest BCUT2D eigenvalue weighted by molar-refractivity contribution is 5.80. The molecule has 0 radical (unpaired) electrons. The molecule has 2 aliphatic heterocycles.